The highest BCUT2D eigenvalue weighted by atomic mass is 32.1. The van der Waals surface area contributed by atoms with Crippen molar-refractivity contribution in [3.05, 3.63) is 10.4 Å². The van der Waals surface area contributed by atoms with Crippen LogP contribution in [0.15, 0.2) is 0 Å². The lowest BCUT2D eigenvalue weighted by atomic mass is 10.2. The van der Waals surface area contributed by atoms with E-state index < -0.39 is 11.7 Å². The number of aryl methyl sites for hydroxylation is 1. The van der Waals surface area contributed by atoms with Gasteiger partial charge in [0.1, 0.15) is 11.3 Å². The van der Waals surface area contributed by atoms with Crippen molar-refractivity contribution >= 4 is 23.1 Å². The molecule has 0 aliphatic heterocycles. The van der Waals surface area contributed by atoms with Crippen molar-refractivity contribution in [1.29, 1.82) is 0 Å². The zero-order valence-corrected chi connectivity index (χ0v) is 12.1. The largest absolute Gasteiger partial charge is 0.486 e. The first-order chi connectivity index (χ1) is 8.40. The topological polar surface area (TPSA) is 47.6 Å². The summed E-state index contributed by atoms with van der Waals surface area (Å²) in [5, 5.41) is 3.59. The van der Waals surface area contributed by atoms with E-state index in [2.05, 4.69) is 5.32 Å². The van der Waals surface area contributed by atoms with Crippen molar-refractivity contribution in [2.24, 2.45) is 0 Å². The third-order valence-corrected chi connectivity index (χ3v) is 3.95. The van der Waals surface area contributed by atoms with Crippen LogP contribution >= 0.6 is 11.3 Å². The lowest BCUT2D eigenvalue weighted by Crippen LogP contribution is -2.27. The zero-order chi connectivity index (χ0) is 13.3. The van der Waals surface area contributed by atoms with Crippen LogP contribution < -0.4 is 10.1 Å². The lowest BCUT2D eigenvalue weighted by Gasteiger charge is -2.20. The first-order valence-corrected chi connectivity index (χ1v) is 6.91. The van der Waals surface area contributed by atoms with Crippen LogP contribution in [0.3, 0.4) is 0 Å². The Morgan fingerprint density at radius 1 is 1.33 bits per heavy atom. The molecule has 1 aliphatic carbocycles. The van der Waals surface area contributed by atoms with E-state index in [1.807, 2.05) is 20.8 Å². The van der Waals surface area contributed by atoms with Gasteiger partial charge in [0.05, 0.1) is 7.11 Å². The summed E-state index contributed by atoms with van der Waals surface area (Å²) in [5.74, 6) is 0. The van der Waals surface area contributed by atoms with Crippen LogP contribution in [0.5, 0.6) is 5.06 Å². The molecule has 0 aromatic carbocycles. The minimum absolute atomic E-state index is 0.423. The van der Waals surface area contributed by atoms with Gasteiger partial charge in [0.15, 0.2) is 5.06 Å². The maximum atomic E-state index is 11.8. The van der Waals surface area contributed by atoms with Gasteiger partial charge in [0.25, 0.3) is 0 Å². The number of amides is 1. The van der Waals surface area contributed by atoms with E-state index in [1.165, 1.54) is 10.4 Å². The van der Waals surface area contributed by atoms with Gasteiger partial charge >= 0.3 is 6.09 Å². The van der Waals surface area contributed by atoms with Crippen LogP contribution in [0, 0.1) is 0 Å². The number of thiophene rings is 1. The van der Waals surface area contributed by atoms with E-state index in [-0.39, 0.29) is 0 Å². The maximum Gasteiger partial charge on any atom is 0.412 e. The Kier molecular flexibility index (Phi) is 3.52. The Bertz CT molecular complexity index is 460. The SMILES string of the molecule is COc1sc2c(c1NC(=O)OC(C)(C)C)CCC2. The number of methoxy groups -OCH3 is 1. The molecule has 0 saturated carbocycles. The van der Waals surface area contributed by atoms with Crippen molar-refractivity contribution in [3.63, 3.8) is 0 Å². The van der Waals surface area contributed by atoms with E-state index in [9.17, 15) is 4.79 Å². The van der Waals surface area contributed by atoms with Gasteiger partial charge in [-0.2, -0.15) is 0 Å². The van der Waals surface area contributed by atoms with Crippen LogP contribution in [0.2, 0.25) is 0 Å². The molecule has 18 heavy (non-hydrogen) atoms. The summed E-state index contributed by atoms with van der Waals surface area (Å²) in [6, 6.07) is 0. The smallest absolute Gasteiger partial charge is 0.412 e. The molecule has 5 heteroatoms. The fourth-order valence-electron chi connectivity index (χ4n) is 2.06. The average Bonchev–Trinajstić information content (AvgIpc) is 2.77. The molecule has 1 N–H and O–H groups in total. The van der Waals surface area contributed by atoms with Crippen molar-refractivity contribution in [2.45, 2.75) is 45.6 Å². The van der Waals surface area contributed by atoms with Gasteiger partial charge in [-0.15, -0.1) is 11.3 Å². The molecule has 0 spiro atoms. The van der Waals surface area contributed by atoms with Crippen molar-refractivity contribution in [1.82, 2.24) is 0 Å². The van der Waals surface area contributed by atoms with Crippen molar-refractivity contribution in [2.75, 3.05) is 12.4 Å². The minimum Gasteiger partial charge on any atom is -0.486 e. The highest BCUT2D eigenvalue weighted by Crippen LogP contribution is 2.44. The molecule has 1 aromatic rings. The molecular weight excluding hydrogens is 250 g/mol. The summed E-state index contributed by atoms with van der Waals surface area (Å²) in [7, 11) is 1.63. The minimum atomic E-state index is -0.490. The Balaban J connectivity index is 2.16. The zero-order valence-electron chi connectivity index (χ0n) is 11.3. The average molecular weight is 269 g/mol. The monoisotopic (exact) mass is 269 g/mol. The standard InChI is InChI=1S/C13H19NO3S/c1-13(2,3)17-12(15)14-10-8-6-5-7-9(8)18-11(10)16-4/h5-7H2,1-4H3,(H,14,15). The predicted molar refractivity (Wildman–Crippen MR) is 72.8 cm³/mol. The van der Waals surface area contributed by atoms with E-state index in [0.29, 0.717) is 0 Å². The summed E-state index contributed by atoms with van der Waals surface area (Å²) in [4.78, 5) is 13.1. The fraction of sp³-hybridized carbons (Fsp3) is 0.615. The second-order valence-electron chi connectivity index (χ2n) is 5.35. The van der Waals surface area contributed by atoms with E-state index in [1.54, 1.807) is 18.4 Å². The normalized spacial score (nSPS) is 14.2. The van der Waals surface area contributed by atoms with Gasteiger partial charge in [-0.25, -0.2) is 4.79 Å². The number of hydrogen-bond acceptors (Lipinski definition) is 4. The number of nitrogens with one attached hydrogen (secondary N) is 1. The Morgan fingerprint density at radius 2 is 2.06 bits per heavy atom. The molecule has 0 atom stereocenters. The predicted octanol–water partition coefficient (Wildman–Crippen LogP) is 3.59. The summed E-state index contributed by atoms with van der Waals surface area (Å²) in [5.41, 5.74) is 1.52. The van der Waals surface area contributed by atoms with Gasteiger partial charge in [-0.3, -0.25) is 5.32 Å². The molecule has 1 heterocycles. The molecule has 0 saturated heterocycles. The Hall–Kier alpha value is -1.23. The Morgan fingerprint density at radius 3 is 2.67 bits per heavy atom. The summed E-state index contributed by atoms with van der Waals surface area (Å²) in [6.07, 6.45) is 2.80. The van der Waals surface area contributed by atoms with Gasteiger partial charge in [0, 0.05) is 4.88 Å². The molecule has 0 fully saturated rings. The first kappa shape index (κ1) is 13.2. The number of rotatable bonds is 2. The van der Waals surface area contributed by atoms with E-state index >= 15 is 0 Å². The molecule has 1 aromatic heterocycles. The van der Waals surface area contributed by atoms with Gasteiger partial charge in [-0.05, 0) is 45.6 Å². The summed E-state index contributed by atoms with van der Waals surface area (Å²) in [6.45, 7) is 5.55. The quantitative estimate of drug-likeness (QED) is 0.892. The van der Waals surface area contributed by atoms with E-state index in [0.717, 1.165) is 30.0 Å². The summed E-state index contributed by atoms with van der Waals surface area (Å²) < 4.78 is 10.6. The first-order valence-electron chi connectivity index (χ1n) is 6.09. The fourth-order valence-corrected chi connectivity index (χ4v) is 3.21. The number of anilines is 1. The lowest BCUT2D eigenvalue weighted by molar-refractivity contribution is 0.0635. The molecule has 1 amide bonds. The molecule has 100 valence electrons. The van der Waals surface area contributed by atoms with E-state index in [4.69, 9.17) is 9.47 Å². The third-order valence-electron chi connectivity index (χ3n) is 2.70. The highest BCUT2D eigenvalue weighted by Gasteiger charge is 2.25. The molecule has 0 bridgehead atoms. The van der Waals surface area contributed by atoms with Gasteiger partial charge < -0.3 is 9.47 Å². The molecular formula is C13H19NO3S. The number of carbonyl (C=O) groups excluding carboxylic acids is 1. The Labute approximate surface area is 111 Å². The van der Waals surface area contributed by atoms with Crippen molar-refractivity contribution < 1.29 is 14.3 Å². The van der Waals surface area contributed by atoms with Crippen LogP contribution in [0.25, 0.3) is 0 Å². The summed E-state index contributed by atoms with van der Waals surface area (Å²) >= 11 is 1.62. The number of ether oxygens (including phenoxy) is 2. The second kappa shape index (κ2) is 4.80. The van der Waals surface area contributed by atoms with Crippen molar-refractivity contribution in [3.8, 4) is 5.06 Å². The van der Waals surface area contributed by atoms with Gasteiger partial charge in [-0.1, -0.05) is 0 Å². The number of carbonyl (C=O) groups is 1. The van der Waals surface area contributed by atoms with Gasteiger partial charge in [0.2, 0.25) is 0 Å². The third kappa shape index (κ3) is 2.77. The maximum absolute atomic E-state index is 11.8. The molecule has 1 aliphatic rings. The van der Waals surface area contributed by atoms with Crippen LogP contribution in [0.1, 0.15) is 37.6 Å². The molecule has 2 rings (SSSR count). The molecule has 0 unspecified atom stereocenters. The highest BCUT2D eigenvalue weighted by molar-refractivity contribution is 7.14. The number of hydrogen-bond donors (Lipinski definition) is 1. The van der Waals surface area contributed by atoms with Crippen LogP contribution in [0.4, 0.5) is 10.5 Å². The number of fused-ring (bicyclic) bond motifs is 1. The second-order valence-corrected chi connectivity index (χ2v) is 6.42. The molecule has 4 nitrogen and oxygen atoms in total. The molecule has 0 radical (unpaired) electrons. The van der Waals surface area contributed by atoms with Crippen LogP contribution in [-0.2, 0) is 17.6 Å². The van der Waals surface area contributed by atoms with Crippen LogP contribution in [-0.4, -0.2) is 18.8 Å².